The van der Waals surface area contributed by atoms with E-state index in [1.165, 1.54) is 47.9 Å². The van der Waals surface area contributed by atoms with Gasteiger partial charge in [-0.15, -0.1) is 0 Å². The van der Waals surface area contributed by atoms with E-state index in [2.05, 4.69) is 252 Å². The zero-order chi connectivity index (χ0) is 41.7. The predicted molar refractivity (Wildman–Crippen MR) is 265 cm³/mol. The van der Waals surface area contributed by atoms with Crippen LogP contribution in [0.2, 0.25) is 0 Å². The second-order valence-corrected chi connectivity index (χ2v) is 20.0. The van der Waals surface area contributed by atoms with Gasteiger partial charge in [-0.25, -0.2) is 9.97 Å². The van der Waals surface area contributed by atoms with Gasteiger partial charge in [-0.2, -0.15) is 0 Å². The third kappa shape index (κ3) is 5.97. The predicted octanol–water partition coefficient (Wildman–Crippen LogP) is 11.4. The molecule has 0 amide bonds. The second-order valence-electron chi connectivity index (χ2n) is 16.2. The maximum Gasteiger partial charge on any atom is 0.179 e. The first kappa shape index (κ1) is 36.7. The highest BCUT2D eigenvalue weighted by Gasteiger charge is 2.41. The van der Waals surface area contributed by atoms with Gasteiger partial charge in [0.15, 0.2) is 13.9 Å². The van der Waals surface area contributed by atoms with Gasteiger partial charge in [-0.1, -0.05) is 200 Å². The van der Waals surface area contributed by atoms with Crippen LogP contribution in [-0.4, -0.2) is 27.2 Å². The smallest absolute Gasteiger partial charge is 0.179 e. The van der Waals surface area contributed by atoms with E-state index < -0.39 is 8.07 Å². The Labute approximate surface area is 366 Å². The summed E-state index contributed by atoms with van der Waals surface area (Å²) in [5.41, 5.74) is 8.55. The van der Waals surface area contributed by atoms with Crippen LogP contribution in [0.3, 0.4) is 0 Å². The highest BCUT2D eigenvalue weighted by molar-refractivity contribution is 7.19. The number of aromatic nitrogens is 4. The van der Waals surface area contributed by atoms with Crippen molar-refractivity contribution in [3.63, 3.8) is 0 Å². The number of hydrogen-bond acceptors (Lipinski definition) is 2. The first-order valence-corrected chi connectivity index (χ1v) is 23.5. The molecule has 3 heterocycles. The Kier molecular flexibility index (Phi) is 8.80. The Bertz CT molecular complexity index is 3470. The van der Waals surface area contributed by atoms with Crippen molar-refractivity contribution in [2.75, 3.05) is 0 Å². The Morgan fingerprint density at radius 2 is 0.746 bits per heavy atom. The molecule has 0 aliphatic heterocycles. The molecule has 0 aliphatic rings. The maximum atomic E-state index is 5.53. The molecule has 12 rings (SSSR count). The van der Waals surface area contributed by atoms with Crippen molar-refractivity contribution in [2.45, 2.75) is 0 Å². The van der Waals surface area contributed by atoms with Crippen molar-refractivity contribution in [1.29, 1.82) is 0 Å². The molecule has 9 aromatic carbocycles. The summed E-state index contributed by atoms with van der Waals surface area (Å²) in [5, 5.41) is 10.1. The fraction of sp³-hybridized carbons (Fsp3) is 0. The van der Waals surface area contributed by atoms with E-state index in [9.17, 15) is 0 Å². The molecule has 0 N–H and O–H groups in total. The monoisotopic (exact) mass is 820 g/mol. The molecular formula is C58H40N4Si. The number of benzene rings is 9. The third-order valence-electron chi connectivity index (χ3n) is 12.7. The van der Waals surface area contributed by atoms with Gasteiger partial charge in [-0.05, 0) is 57.1 Å². The first-order valence-electron chi connectivity index (χ1n) is 21.5. The van der Waals surface area contributed by atoms with Crippen LogP contribution in [0, 0.1) is 0 Å². The topological polar surface area (TPSA) is 35.6 Å². The number of hydrogen-bond donors (Lipinski definition) is 0. The molecule has 63 heavy (non-hydrogen) atoms. The van der Waals surface area contributed by atoms with Crippen LogP contribution in [0.15, 0.2) is 243 Å². The Morgan fingerprint density at radius 3 is 1.32 bits per heavy atom. The Morgan fingerprint density at radius 1 is 0.302 bits per heavy atom. The van der Waals surface area contributed by atoms with Gasteiger partial charge < -0.3 is 4.57 Å². The molecule has 0 atom stereocenters. The minimum absolute atomic E-state index is 0.679. The molecule has 0 spiro atoms. The second kappa shape index (κ2) is 15.1. The average Bonchev–Trinajstić information content (AvgIpc) is 3.88. The number of rotatable bonds is 8. The number of para-hydroxylation sites is 3. The van der Waals surface area contributed by atoms with Crippen LogP contribution in [0.25, 0.3) is 77.8 Å². The molecule has 0 bridgehead atoms. The number of fused-ring (bicyclic) bond motifs is 6. The lowest BCUT2D eigenvalue weighted by atomic mass is 10.1. The standard InChI is InChI=1S/C58H40N4Si/c1-5-20-41(21-6-1)52-40-57(62-55-35-18-15-32-50(55)51-39-43(36-37-56(51)62)61-53-33-16-13-30-48(53)49-31-14-17-34-54(49)61)60-58(59-52)42-22-19-29-47(38-42)63(44-23-7-2-8-24-44,45-25-9-3-10-26-45)46-27-11-4-12-28-46/h1-40H. The van der Waals surface area contributed by atoms with E-state index in [-0.39, 0.29) is 0 Å². The van der Waals surface area contributed by atoms with Crippen LogP contribution in [0.5, 0.6) is 0 Å². The van der Waals surface area contributed by atoms with Gasteiger partial charge >= 0.3 is 0 Å². The van der Waals surface area contributed by atoms with Gasteiger partial charge in [0.25, 0.3) is 0 Å². The van der Waals surface area contributed by atoms with Crippen LogP contribution >= 0.6 is 0 Å². The van der Waals surface area contributed by atoms with Crippen LogP contribution in [0.1, 0.15) is 0 Å². The minimum Gasteiger partial charge on any atom is -0.309 e. The largest absolute Gasteiger partial charge is 0.309 e. The number of nitrogens with zero attached hydrogens (tertiary/aromatic N) is 4. The van der Waals surface area contributed by atoms with Crippen molar-refractivity contribution in [3.8, 4) is 34.2 Å². The van der Waals surface area contributed by atoms with E-state index in [4.69, 9.17) is 9.97 Å². The summed E-state index contributed by atoms with van der Waals surface area (Å²) in [6.07, 6.45) is 0. The van der Waals surface area contributed by atoms with Crippen molar-refractivity contribution < 1.29 is 0 Å². The summed E-state index contributed by atoms with van der Waals surface area (Å²) in [5.74, 6) is 1.50. The van der Waals surface area contributed by atoms with Crippen molar-refractivity contribution >= 4 is 72.4 Å². The lowest BCUT2D eigenvalue weighted by Crippen LogP contribution is -2.74. The molecule has 12 aromatic rings. The van der Waals surface area contributed by atoms with Gasteiger partial charge in [-0.3, -0.25) is 4.57 Å². The van der Waals surface area contributed by atoms with Crippen LogP contribution in [-0.2, 0) is 0 Å². The van der Waals surface area contributed by atoms with E-state index in [0.29, 0.717) is 5.82 Å². The van der Waals surface area contributed by atoms with Crippen LogP contribution < -0.4 is 20.7 Å². The SMILES string of the molecule is c1ccc(-c2cc(-n3c4ccccc4c4cc(-n5c6ccccc6c6ccccc65)ccc43)nc(-c3cccc([Si](c4ccccc4)(c4ccccc4)c4ccccc4)c3)n2)cc1. The molecule has 0 saturated carbocycles. The van der Waals surface area contributed by atoms with E-state index in [1.807, 2.05) is 0 Å². The fourth-order valence-electron chi connectivity index (χ4n) is 9.94. The molecule has 0 radical (unpaired) electrons. The molecule has 5 heteroatoms. The molecular weight excluding hydrogens is 781 g/mol. The summed E-state index contributed by atoms with van der Waals surface area (Å²) in [6.45, 7) is 0. The van der Waals surface area contributed by atoms with Gasteiger partial charge in [0, 0.05) is 44.4 Å². The van der Waals surface area contributed by atoms with Gasteiger partial charge in [0.1, 0.15) is 5.82 Å². The van der Waals surface area contributed by atoms with E-state index in [1.54, 1.807) is 0 Å². The highest BCUT2D eigenvalue weighted by Crippen LogP contribution is 2.37. The summed E-state index contributed by atoms with van der Waals surface area (Å²) >= 11 is 0. The molecule has 0 aliphatic carbocycles. The Balaban J connectivity index is 1.09. The molecule has 3 aromatic heterocycles. The van der Waals surface area contributed by atoms with E-state index >= 15 is 0 Å². The summed E-state index contributed by atoms with van der Waals surface area (Å²) in [6, 6.07) is 87.8. The molecule has 4 nitrogen and oxygen atoms in total. The normalized spacial score (nSPS) is 11.8. The highest BCUT2D eigenvalue weighted by atomic mass is 28.3. The quantitative estimate of drug-likeness (QED) is 0.113. The lowest BCUT2D eigenvalue weighted by molar-refractivity contribution is 1.05. The Hall–Kier alpha value is -8.12. The average molecular weight is 821 g/mol. The summed E-state index contributed by atoms with van der Waals surface area (Å²) in [7, 11) is -2.81. The third-order valence-corrected chi connectivity index (χ3v) is 17.5. The zero-order valence-electron chi connectivity index (χ0n) is 34.4. The van der Waals surface area contributed by atoms with Crippen molar-refractivity contribution in [3.05, 3.63) is 243 Å². The van der Waals surface area contributed by atoms with Crippen molar-refractivity contribution in [1.82, 2.24) is 19.1 Å². The first-order chi connectivity index (χ1) is 31.3. The summed E-state index contributed by atoms with van der Waals surface area (Å²) < 4.78 is 4.71. The van der Waals surface area contributed by atoms with E-state index in [0.717, 1.165) is 44.7 Å². The fourth-order valence-corrected chi connectivity index (χ4v) is 14.7. The van der Waals surface area contributed by atoms with Gasteiger partial charge in [0.05, 0.1) is 27.8 Å². The maximum absolute atomic E-state index is 5.53. The van der Waals surface area contributed by atoms with Crippen molar-refractivity contribution in [2.24, 2.45) is 0 Å². The minimum atomic E-state index is -2.81. The van der Waals surface area contributed by atoms with Gasteiger partial charge in [0.2, 0.25) is 0 Å². The molecule has 0 unspecified atom stereocenters. The zero-order valence-corrected chi connectivity index (χ0v) is 35.4. The van der Waals surface area contributed by atoms with Crippen LogP contribution in [0.4, 0.5) is 0 Å². The molecule has 0 fully saturated rings. The summed E-state index contributed by atoms with van der Waals surface area (Å²) in [4.78, 5) is 10.9. The molecule has 296 valence electrons. The lowest BCUT2D eigenvalue weighted by Gasteiger charge is -2.34. The molecule has 0 saturated heterocycles.